The number of rotatable bonds is 2. The van der Waals surface area contributed by atoms with Gasteiger partial charge in [-0.2, -0.15) is 0 Å². The topological polar surface area (TPSA) is 35.5 Å². The second-order valence-electron chi connectivity index (χ2n) is 3.43. The molecule has 0 N–H and O–H groups in total. The van der Waals surface area contributed by atoms with Crippen LogP contribution in [-0.4, -0.2) is 20.0 Å². The van der Waals surface area contributed by atoms with Crippen LogP contribution in [0.4, 0.5) is 0 Å². The van der Waals surface area contributed by atoms with E-state index in [2.05, 4.69) is 0 Å². The van der Waals surface area contributed by atoms with Crippen molar-refractivity contribution >= 4 is 17.4 Å². The van der Waals surface area contributed by atoms with Gasteiger partial charge in [0.15, 0.2) is 5.78 Å². The molecule has 16 heavy (non-hydrogen) atoms. The summed E-state index contributed by atoms with van der Waals surface area (Å²) in [7, 11) is 2.98. The summed E-state index contributed by atoms with van der Waals surface area (Å²) in [5.41, 5.74) is 1.19. The van der Waals surface area contributed by atoms with Gasteiger partial charge in [0.2, 0.25) is 5.79 Å². The predicted molar refractivity (Wildman–Crippen MR) is 60.4 cm³/mol. The van der Waals surface area contributed by atoms with Crippen molar-refractivity contribution in [2.45, 2.75) is 5.79 Å². The molecule has 3 nitrogen and oxygen atoms in total. The summed E-state index contributed by atoms with van der Waals surface area (Å²) in [5.74, 6) is -1.29. The Morgan fingerprint density at radius 2 is 1.81 bits per heavy atom. The van der Waals surface area contributed by atoms with Crippen molar-refractivity contribution in [1.82, 2.24) is 0 Å². The maximum absolute atomic E-state index is 11.7. The van der Waals surface area contributed by atoms with Gasteiger partial charge in [-0.25, -0.2) is 0 Å². The minimum Gasteiger partial charge on any atom is -0.345 e. The van der Waals surface area contributed by atoms with Crippen LogP contribution in [0.1, 0.15) is 15.9 Å². The van der Waals surface area contributed by atoms with E-state index in [4.69, 9.17) is 21.1 Å². The van der Waals surface area contributed by atoms with Gasteiger partial charge in [0.05, 0.1) is 5.03 Å². The Morgan fingerprint density at radius 3 is 2.44 bits per heavy atom. The zero-order valence-electron chi connectivity index (χ0n) is 8.99. The molecule has 0 heterocycles. The van der Waals surface area contributed by atoms with Crippen LogP contribution in [0.5, 0.6) is 0 Å². The first-order valence-corrected chi connectivity index (χ1v) is 5.15. The molecule has 0 spiro atoms. The Morgan fingerprint density at radius 1 is 1.19 bits per heavy atom. The number of methoxy groups -OCH3 is 2. The number of fused-ring (bicyclic) bond motifs is 1. The highest BCUT2D eigenvalue weighted by Crippen LogP contribution is 2.41. The summed E-state index contributed by atoms with van der Waals surface area (Å²) in [5, 5.41) is 0.237. The normalized spacial score (nSPS) is 17.9. The maximum atomic E-state index is 11.7. The largest absolute Gasteiger partial charge is 0.345 e. The highest BCUT2D eigenvalue weighted by Gasteiger charge is 2.42. The lowest BCUT2D eigenvalue weighted by Crippen LogP contribution is -2.36. The average molecular weight is 239 g/mol. The first-order chi connectivity index (χ1) is 7.65. The van der Waals surface area contributed by atoms with Crippen LogP contribution in [0.3, 0.4) is 0 Å². The van der Waals surface area contributed by atoms with Crippen LogP contribution in [0, 0.1) is 0 Å². The number of hydrogen-bond acceptors (Lipinski definition) is 3. The molecule has 0 aromatic heterocycles. The standard InChI is InChI=1S/C12H11ClO3/c1-15-12(16-2)9-6-4-3-5-8(9)10(14)7-11(12)13/h3-7H,1-2H3. The molecular weight excluding hydrogens is 228 g/mol. The number of ether oxygens (including phenoxy) is 2. The Bertz CT molecular complexity index is 461. The summed E-state index contributed by atoms with van der Waals surface area (Å²) in [6.45, 7) is 0. The SMILES string of the molecule is COC1(OC)C(Cl)=CC(=O)c2ccccc21. The molecule has 84 valence electrons. The minimum atomic E-state index is -1.16. The molecule has 0 amide bonds. The summed E-state index contributed by atoms with van der Waals surface area (Å²) in [4.78, 5) is 11.7. The molecule has 0 atom stereocenters. The third-order valence-electron chi connectivity index (χ3n) is 2.69. The Hall–Kier alpha value is -1.16. The van der Waals surface area contributed by atoms with Crippen LogP contribution >= 0.6 is 11.6 Å². The first-order valence-electron chi connectivity index (χ1n) is 4.77. The van der Waals surface area contributed by atoms with E-state index in [9.17, 15) is 4.79 Å². The van der Waals surface area contributed by atoms with E-state index in [1.165, 1.54) is 20.3 Å². The number of halogens is 1. The minimum absolute atomic E-state index is 0.134. The molecular formula is C12H11ClO3. The summed E-state index contributed by atoms with van der Waals surface area (Å²) in [6, 6.07) is 7.11. The lowest BCUT2D eigenvalue weighted by Gasteiger charge is -2.34. The Labute approximate surface area is 98.6 Å². The molecule has 4 heteroatoms. The van der Waals surface area contributed by atoms with E-state index < -0.39 is 5.79 Å². The van der Waals surface area contributed by atoms with E-state index in [-0.39, 0.29) is 10.8 Å². The van der Waals surface area contributed by atoms with Crippen molar-refractivity contribution in [1.29, 1.82) is 0 Å². The van der Waals surface area contributed by atoms with Gasteiger partial charge < -0.3 is 9.47 Å². The lowest BCUT2D eigenvalue weighted by molar-refractivity contribution is -0.182. The number of benzene rings is 1. The highest BCUT2D eigenvalue weighted by molar-refractivity contribution is 6.33. The summed E-state index contributed by atoms with van der Waals surface area (Å²) >= 11 is 6.05. The molecule has 0 fully saturated rings. The average Bonchev–Trinajstić information content (AvgIpc) is 2.31. The van der Waals surface area contributed by atoms with Crippen LogP contribution in [0.2, 0.25) is 0 Å². The maximum Gasteiger partial charge on any atom is 0.233 e. The molecule has 1 aliphatic carbocycles. The van der Waals surface area contributed by atoms with E-state index in [0.717, 1.165) is 0 Å². The van der Waals surface area contributed by atoms with Crippen molar-refractivity contribution in [2.24, 2.45) is 0 Å². The third-order valence-corrected chi connectivity index (χ3v) is 3.05. The summed E-state index contributed by atoms with van der Waals surface area (Å²) < 4.78 is 10.7. The number of allylic oxidation sites excluding steroid dienone is 1. The van der Waals surface area contributed by atoms with Gasteiger partial charge in [0.25, 0.3) is 0 Å². The van der Waals surface area contributed by atoms with Gasteiger partial charge in [-0.15, -0.1) is 0 Å². The molecule has 1 aliphatic rings. The van der Waals surface area contributed by atoms with Crippen LogP contribution in [0.25, 0.3) is 0 Å². The number of carbonyl (C=O) groups is 1. The van der Waals surface area contributed by atoms with Gasteiger partial charge in [-0.3, -0.25) is 4.79 Å². The number of ketones is 1. The molecule has 0 saturated heterocycles. The third kappa shape index (κ3) is 1.40. The zero-order valence-corrected chi connectivity index (χ0v) is 9.75. The zero-order chi connectivity index (χ0) is 11.8. The first kappa shape index (κ1) is 11.3. The fraction of sp³-hybridized carbons (Fsp3) is 0.250. The van der Waals surface area contributed by atoms with Gasteiger partial charge in [0, 0.05) is 31.4 Å². The van der Waals surface area contributed by atoms with E-state index >= 15 is 0 Å². The quantitative estimate of drug-likeness (QED) is 0.743. The van der Waals surface area contributed by atoms with Crippen molar-refractivity contribution in [3.63, 3.8) is 0 Å². The Balaban J connectivity index is 2.71. The number of carbonyl (C=O) groups excluding carboxylic acids is 1. The van der Waals surface area contributed by atoms with Crippen LogP contribution < -0.4 is 0 Å². The smallest absolute Gasteiger partial charge is 0.233 e. The van der Waals surface area contributed by atoms with Gasteiger partial charge in [-0.05, 0) is 0 Å². The fourth-order valence-corrected chi connectivity index (χ4v) is 2.25. The van der Waals surface area contributed by atoms with Crippen LogP contribution in [0.15, 0.2) is 35.4 Å². The molecule has 0 aliphatic heterocycles. The van der Waals surface area contributed by atoms with Gasteiger partial charge in [-0.1, -0.05) is 35.9 Å². The second-order valence-corrected chi connectivity index (χ2v) is 3.83. The van der Waals surface area contributed by atoms with Crippen molar-refractivity contribution in [3.8, 4) is 0 Å². The van der Waals surface area contributed by atoms with Gasteiger partial charge >= 0.3 is 0 Å². The fourth-order valence-electron chi connectivity index (χ4n) is 1.90. The van der Waals surface area contributed by atoms with E-state index in [0.29, 0.717) is 11.1 Å². The highest BCUT2D eigenvalue weighted by atomic mass is 35.5. The summed E-state index contributed by atoms with van der Waals surface area (Å²) in [6.07, 6.45) is 1.33. The molecule has 1 aromatic rings. The molecule has 0 radical (unpaired) electrons. The monoisotopic (exact) mass is 238 g/mol. The van der Waals surface area contributed by atoms with Crippen molar-refractivity contribution < 1.29 is 14.3 Å². The van der Waals surface area contributed by atoms with E-state index in [1.54, 1.807) is 18.2 Å². The molecule has 1 aromatic carbocycles. The van der Waals surface area contributed by atoms with Gasteiger partial charge in [0.1, 0.15) is 0 Å². The number of hydrogen-bond donors (Lipinski definition) is 0. The van der Waals surface area contributed by atoms with E-state index in [1.807, 2.05) is 6.07 Å². The predicted octanol–water partition coefficient (Wildman–Crippen LogP) is 2.45. The molecule has 2 rings (SSSR count). The van der Waals surface area contributed by atoms with Crippen molar-refractivity contribution in [2.75, 3.05) is 14.2 Å². The lowest BCUT2D eigenvalue weighted by atomic mass is 9.90. The Kier molecular flexibility index (Phi) is 2.84. The van der Waals surface area contributed by atoms with Crippen molar-refractivity contribution in [3.05, 3.63) is 46.5 Å². The van der Waals surface area contributed by atoms with Crippen LogP contribution in [-0.2, 0) is 15.3 Å². The molecule has 0 unspecified atom stereocenters. The second kappa shape index (κ2) is 4.01. The molecule has 0 saturated carbocycles. The molecule has 0 bridgehead atoms.